The van der Waals surface area contributed by atoms with E-state index in [-0.39, 0.29) is 32.8 Å². The van der Waals surface area contributed by atoms with Gasteiger partial charge in [0.2, 0.25) is 10.0 Å². The number of sulfonamides is 1. The normalized spacial score (nSPS) is 18.6. The van der Waals surface area contributed by atoms with Crippen molar-refractivity contribution in [2.75, 3.05) is 32.5 Å². The van der Waals surface area contributed by atoms with Crippen molar-refractivity contribution >= 4 is 22.1 Å². The van der Waals surface area contributed by atoms with Crippen LogP contribution in [-0.4, -0.2) is 68.2 Å². The molecule has 0 radical (unpaired) electrons. The third-order valence-corrected chi connectivity index (χ3v) is 5.07. The summed E-state index contributed by atoms with van der Waals surface area (Å²) in [6.45, 7) is 1.94. The molecule has 1 aromatic rings. The second kappa shape index (κ2) is 8.30. The predicted molar refractivity (Wildman–Crippen MR) is 90.2 cm³/mol. The summed E-state index contributed by atoms with van der Waals surface area (Å²) in [6, 6.07) is 8.13. The van der Waals surface area contributed by atoms with Crippen LogP contribution in [-0.2, 0) is 30.9 Å². The van der Waals surface area contributed by atoms with Crippen LogP contribution in [0.15, 0.2) is 30.3 Å². The summed E-state index contributed by atoms with van der Waals surface area (Å²) in [5, 5.41) is 0. The van der Waals surface area contributed by atoms with Gasteiger partial charge in [-0.15, -0.1) is 0 Å². The van der Waals surface area contributed by atoms with Gasteiger partial charge in [0.25, 0.3) is 0 Å². The Labute approximate surface area is 147 Å². The fraction of sp³-hybridized carbons (Fsp3) is 0.500. The first-order valence-electron chi connectivity index (χ1n) is 7.92. The number of nitrogens with zero attached hydrogens (tertiary/aromatic N) is 2. The molecule has 8 nitrogen and oxygen atoms in total. The molecule has 0 bridgehead atoms. The molecule has 1 amide bonds. The van der Waals surface area contributed by atoms with Crippen LogP contribution in [0.5, 0.6) is 0 Å². The van der Waals surface area contributed by atoms with Crippen molar-refractivity contribution < 1.29 is 27.5 Å². The van der Waals surface area contributed by atoms with Crippen molar-refractivity contribution in [3.05, 3.63) is 35.9 Å². The largest absolute Gasteiger partial charge is 0.465 e. The van der Waals surface area contributed by atoms with E-state index < -0.39 is 28.1 Å². The molecule has 1 aromatic carbocycles. The standard InChI is InChI=1S/C16H22N2O6S/c1-3-23-15(19)14-11-17(9-10-18(14)25(2,21)22)16(20)24-12-13-7-5-4-6-8-13/h4-8,14H,3,9-12H2,1-2H3/t14-/m0/s1. The van der Waals surface area contributed by atoms with Gasteiger partial charge in [-0.1, -0.05) is 30.3 Å². The van der Waals surface area contributed by atoms with Crippen molar-refractivity contribution in [2.24, 2.45) is 0 Å². The van der Waals surface area contributed by atoms with Gasteiger partial charge in [-0.25, -0.2) is 13.2 Å². The molecule has 1 atom stereocenters. The number of esters is 1. The molecule has 25 heavy (non-hydrogen) atoms. The molecule has 0 N–H and O–H groups in total. The Kier molecular flexibility index (Phi) is 6.38. The molecule has 2 rings (SSSR count). The fourth-order valence-corrected chi connectivity index (χ4v) is 3.60. The molecule has 1 heterocycles. The molecular formula is C16H22N2O6S. The molecule has 0 saturated carbocycles. The third kappa shape index (κ3) is 5.17. The van der Waals surface area contributed by atoms with Crippen LogP contribution in [0.25, 0.3) is 0 Å². The van der Waals surface area contributed by atoms with Crippen LogP contribution in [0.4, 0.5) is 4.79 Å². The molecule has 0 aliphatic carbocycles. The average molecular weight is 370 g/mol. The molecule has 0 aromatic heterocycles. The maximum Gasteiger partial charge on any atom is 0.410 e. The van der Waals surface area contributed by atoms with Crippen LogP contribution in [0, 0.1) is 0 Å². The van der Waals surface area contributed by atoms with Gasteiger partial charge < -0.3 is 14.4 Å². The Hall–Kier alpha value is -2.13. The lowest BCUT2D eigenvalue weighted by atomic mass is 10.2. The van der Waals surface area contributed by atoms with E-state index in [0.29, 0.717) is 0 Å². The average Bonchev–Trinajstić information content (AvgIpc) is 2.59. The molecular weight excluding hydrogens is 348 g/mol. The number of carbonyl (C=O) groups excluding carboxylic acids is 2. The smallest absolute Gasteiger partial charge is 0.410 e. The van der Waals surface area contributed by atoms with Crippen molar-refractivity contribution in [1.82, 2.24) is 9.21 Å². The number of carbonyl (C=O) groups is 2. The Morgan fingerprint density at radius 2 is 1.84 bits per heavy atom. The second-order valence-corrected chi connectivity index (χ2v) is 7.56. The van der Waals surface area contributed by atoms with Gasteiger partial charge in [0.1, 0.15) is 12.6 Å². The van der Waals surface area contributed by atoms with Crippen LogP contribution in [0.3, 0.4) is 0 Å². The Morgan fingerprint density at radius 3 is 2.44 bits per heavy atom. The van der Waals surface area contributed by atoms with E-state index >= 15 is 0 Å². The third-order valence-electron chi connectivity index (χ3n) is 3.78. The first-order valence-corrected chi connectivity index (χ1v) is 9.77. The topological polar surface area (TPSA) is 93.2 Å². The second-order valence-electron chi connectivity index (χ2n) is 5.63. The van der Waals surface area contributed by atoms with E-state index in [1.807, 2.05) is 30.3 Å². The van der Waals surface area contributed by atoms with Crippen LogP contribution >= 0.6 is 0 Å². The molecule has 9 heteroatoms. The number of piperazine rings is 1. The summed E-state index contributed by atoms with van der Waals surface area (Å²) in [6.07, 6.45) is 0.439. The first-order chi connectivity index (χ1) is 11.8. The monoisotopic (exact) mass is 370 g/mol. The van der Waals surface area contributed by atoms with Crippen molar-refractivity contribution in [2.45, 2.75) is 19.6 Å². The Bertz CT molecular complexity index is 707. The number of amides is 1. The molecule has 0 spiro atoms. The lowest BCUT2D eigenvalue weighted by Crippen LogP contribution is -2.59. The SMILES string of the molecule is CCOC(=O)[C@@H]1CN(C(=O)OCc2ccccc2)CCN1S(C)(=O)=O. The Morgan fingerprint density at radius 1 is 1.16 bits per heavy atom. The van der Waals surface area contributed by atoms with Crippen molar-refractivity contribution in [3.63, 3.8) is 0 Å². The van der Waals surface area contributed by atoms with Gasteiger partial charge in [0.05, 0.1) is 19.4 Å². The summed E-state index contributed by atoms with van der Waals surface area (Å²) in [4.78, 5) is 25.7. The van der Waals surface area contributed by atoms with Gasteiger partial charge in [0.15, 0.2) is 0 Å². The van der Waals surface area contributed by atoms with E-state index in [4.69, 9.17) is 9.47 Å². The Balaban J connectivity index is 2.03. The predicted octanol–water partition coefficient (Wildman–Crippen LogP) is 0.832. The lowest BCUT2D eigenvalue weighted by Gasteiger charge is -2.37. The van der Waals surface area contributed by atoms with Gasteiger partial charge in [-0.05, 0) is 12.5 Å². The number of ether oxygens (including phenoxy) is 2. The minimum absolute atomic E-state index is 0.0166. The van der Waals surface area contributed by atoms with E-state index in [0.717, 1.165) is 16.1 Å². The lowest BCUT2D eigenvalue weighted by molar-refractivity contribution is -0.149. The summed E-state index contributed by atoms with van der Waals surface area (Å²) in [5.74, 6) is -0.673. The fourth-order valence-electron chi connectivity index (χ4n) is 2.57. The number of hydrogen-bond acceptors (Lipinski definition) is 6. The quantitative estimate of drug-likeness (QED) is 0.713. The highest BCUT2D eigenvalue weighted by molar-refractivity contribution is 7.88. The maximum absolute atomic E-state index is 12.2. The highest BCUT2D eigenvalue weighted by Gasteiger charge is 2.40. The van der Waals surface area contributed by atoms with Crippen molar-refractivity contribution in [3.8, 4) is 0 Å². The summed E-state index contributed by atoms with van der Waals surface area (Å²) < 4.78 is 35.0. The summed E-state index contributed by atoms with van der Waals surface area (Å²) >= 11 is 0. The van der Waals surface area contributed by atoms with Crippen LogP contribution in [0.1, 0.15) is 12.5 Å². The maximum atomic E-state index is 12.2. The molecule has 1 fully saturated rings. The molecule has 1 saturated heterocycles. The van der Waals surface area contributed by atoms with E-state index in [9.17, 15) is 18.0 Å². The van der Waals surface area contributed by atoms with Crippen LogP contribution in [0.2, 0.25) is 0 Å². The van der Waals surface area contributed by atoms with Gasteiger partial charge in [-0.2, -0.15) is 4.31 Å². The molecule has 138 valence electrons. The molecule has 0 unspecified atom stereocenters. The summed E-state index contributed by atoms with van der Waals surface area (Å²) in [7, 11) is -3.59. The highest BCUT2D eigenvalue weighted by atomic mass is 32.2. The van der Waals surface area contributed by atoms with E-state index in [1.54, 1.807) is 6.92 Å². The van der Waals surface area contributed by atoms with E-state index in [1.165, 1.54) is 4.90 Å². The molecule has 1 aliphatic heterocycles. The number of rotatable bonds is 5. The minimum atomic E-state index is -3.59. The zero-order valence-corrected chi connectivity index (χ0v) is 15.1. The zero-order chi connectivity index (χ0) is 18.4. The van der Waals surface area contributed by atoms with Gasteiger partial charge >= 0.3 is 12.1 Å². The summed E-state index contributed by atoms with van der Waals surface area (Å²) in [5.41, 5.74) is 0.840. The first kappa shape index (κ1) is 19.2. The zero-order valence-electron chi connectivity index (χ0n) is 14.3. The molecule has 1 aliphatic rings. The van der Waals surface area contributed by atoms with Crippen molar-refractivity contribution in [1.29, 1.82) is 0 Å². The number of hydrogen-bond donors (Lipinski definition) is 0. The van der Waals surface area contributed by atoms with Gasteiger partial charge in [-0.3, -0.25) is 4.79 Å². The van der Waals surface area contributed by atoms with Gasteiger partial charge in [0, 0.05) is 13.1 Å². The minimum Gasteiger partial charge on any atom is -0.465 e. The van der Waals surface area contributed by atoms with E-state index in [2.05, 4.69) is 0 Å². The number of benzene rings is 1. The highest BCUT2D eigenvalue weighted by Crippen LogP contribution is 2.16. The van der Waals surface area contributed by atoms with Crippen LogP contribution < -0.4 is 0 Å².